The van der Waals surface area contributed by atoms with Gasteiger partial charge in [0.05, 0.1) is 19.8 Å². The molecular weight excluding hydrogens is 446 g/mol. The van der Waals surface area contributed by atoms with Crippen LogP contribution in [0, 0.1) is 0 Å². The minimum Gasteiger partial charge on any atom is -0.379 e. The highest BCUT2D eigenvalue weighted by Crippen LogP contribution is 2.20. The zero-order valence-electron chi connectivity index (χ0n) is 18.2. The van der Waals surface area contributed by atoms with Gasteiger partial charge in [-0.3, -0.25) is 9.59 Å². The highest BCUT2D eigenvalue weighted by atomic mass is 32.2. The van der Waals surface area contributed by atoms with Crippen molar-refractivity contribution in [3.05, 3.63) is 54.2 Å². The number of rotatable bonds is 6. The topological polar surface area (TPSA) is 112 Å². The molecule has 10 nitrogen and oxygen atoms in total. The highest BCUT2D eigenvalue weighted by Gasteiger charge is 2.27. The monoisotopic (exact) mass is 473 g/mol. The summed E-state index contributed by atoms with van der Waals surface area (Å²) in [5.41, 5.74) is 0.514. The Morgan fingerprint density at radius 3 is 2.27 bits per heavy atom. The number of anilines is 1. The van der Waals surface area contributed by atoms with Crippen molar-refractivity contribution in [1.82, 2.24) is 19.5 Å². The number of nitrogens with one attached hydrogen (secondary N) is 1. The molecule has 33 heavy (non-hydrogen) atoms. The van der Waals surface area contributed by atoms with Crippen LogP contribution >= 0.6 is 0 Å². The largest absolute Gasteiger partial charge is 0.379 e. The first kappa shape index (κ1) is 23.1. The molecule has 0 spiro atoms. The Morgan fingerprint density at radius 2 is 1.64 bits per heavy atom. The van der Waals surface area contributed by atoms with Crippen molar-refractivity contribution in [1.29, 1.82) is 0 Å². The predicted molar refractivity (Wildman–Crippen MR) is 121 cm³/mol. The lowest BCUT2D eigenvalue weighted by Gasteiger charge is -2.35. The van der Waals surface area contributed by atoms with Gasteiger partial charge >= 0.3 is 0 Å². The molecule has 2 amide bonds. The molecule has 0 bridgehead atoms. The Kier molecular flexibility index (Phi) is 7.21. The fourth-order valence-electron chi connectivity index (χ4n) is 3.79. The summed E-state index contributed by atoms with van der Waals surface area (Å²) in [7, 11) is -3.58. The average Bonchev–Trinajstić information content (AvgIpc) is 2.88. The second-order valence-electron chi connectivity index (χ2n) is 7.79. The Labute approximate surface area is 193 Å². The van der Waals surface area contributed by atoms with E-state index in [2.05, 4.69) is 10.3 Å². The van der Waals surface area contributed by atoms with Gasteiger partial charge in [0, 0.05) is 51.0 Å². The number of morpholine rings is 1. The number of aromatic nitrogens is 1. The van der Waals surface area contributed by atoms with Crippen LogP contribution in [-0.2, 0) is 19.6 Å². The number of hydrogen-bond acceptors (Lipinski definition) is 7. The molecule has 3 heterocycles. The van der Waals surface area contributed by atoms with Crippen molar-refractivity contribution in [2.45, 2.75) is 4.90 Å². The number of amides is 2. The van der Waals surface area contributed by atoms with Gasteiger partial charge in [-0.2, -0.15) is 4.31 Å². The predicted octanol–water partition coefficient (Wildman–Crippen LogP) is 0.181. The van der Waals surface area contributed by atoms with Gasteiger partial charge in [0.15, 0.2) is 0 Å². The van der Waals surface area contributed by atoms with Gasteiger partial charge < -0.3 is 19.9 Å². The third kappa shape index (κ3) is 5.49. The van der Waals surface area contributed by atoms with Crippen molar-refractivity contribution in [2.75, 3.05) is 63.9 Å². The summed E-state index contributed by atoms with van der Waals surface area (Å²) in [6.07, 6.45) is 1.39. The van der Waals surface area contributed by atoms with E-state index in [1.165, 1.54) is 10.5 Å². The van der Waals surface area contributed by atoms with Crippen LogP contribution in [0.2, 0.25) is 0 Å². The van der Waals surface area contributed by atoms with Crippen molar-refractivity contribution in [3.63, 3.8) is 0 Å². The van der Waals surface area contributed by atoms with E-state index in [-0.39, 0.29) is 23.3 Å². The van der Waals surface area contributed by atoms with E-state index in [1.54, 1.807) is 41.3 Å². The number of piperazine rings is 1. The molecule has 1 aromatic carbocycles. The standard InChI is InChI=1S/C22H27N5O5S/c28-21(17-24-22(29)18-4-2-1-3-5-18)26-10-8-25(9-11-26)20-7-6-19(16-23-20)33(30,31)27-12-14-32-15-13-27/h1-7,16H,8-15,17H2,(H,24,29). The maximum atomic E-state index is 12.7. The number of carbonyl (C=O) groups excluding carboxylic acids is 2. The lowest BCUT2D eigenvalue weighted by atomic mass is 10.2. The van der Waals surface area contributed by atoms with E-state index >= 15 is 0 Å². The van der Waals surface area contributed by atoms with Crippen LogP contribution < -0.4 is 10.2 Å². The number of nitrogens with zero attached hydrogens (tertiary/aromatic N) is 4. The SMILES string of the molecule is O=C(NCC(=O)N1CCN(c2ccc(S(=O)(=O)N3CCOCC3)cn2)CC1)c1ccccc1. The van der Waals surface area contributed by atoms with Crippen molar-refractivity contribution < 1.29 is 22.7 Å². The molecule has 4 rings (SSSR count). The Morgan fingerprint density at radius 1 is 0.939 bits per heavy atom. The minimum atomic E-state index is -3.58. The molecule has 1 N–H and O–H groups in total. The average molecular weight is 474 g/mol. The van der Waals surface area contributed by atoms with Crippen LogP contribution in [0.1, 0.15) is 10.4 Å². The van der Waals surface area contributed by atoms with Gasteiger partial charge in [-0.1, -0.05) is 18.2 Å². The lowest BCUT2D eigenvalue weighted by molar-refractivity contribution is -0.130. The van der Waals surface area contributed by atoms with Crippen LogP contribution in [0.3, 0.4) is 0 Å². The zero-order chi connectivity index (χ0) is 23.3. The summed E-state index contributed by atoms with van der Waals surface area (Å²) in [4.78, 5) is 32.8. The van der Waals surface area contributed by atoms with Gasteiger partial charge in [-0.15, -0.1) is 0 Å². The number of ether oxygens (including phenoxy) is 1. The molecule has 2 fully saturated rings. The van der Waals surface area contributed by atoms with Gasteiger partial charge in [0.1, 0.15) is 10.7 Å². The molecule has 0 unspecified atom stereocenters. The van der Waals surface area contributed by atoms with Crippen LogP contribution in [0.25, 0.3) is 0 Å². The molecule has 0 radical (unpaired) electrons. The zero-order valence-corrected chi connectivity index (χ0v) is 19.0. The maximum Gasteiger partial charge on any atom is 0.251 e. The second kappa shape index (κ2) is 10.3. The first-order chi connectivity index (χ1) is 15.9. The Bertz CT molecular complexity index is 1060. The van der Waals surface area contributed by atoms with Crippen LogP contribution in [0.4, 0.5) is 5.82 Å². The molecule has 2 aliphatic rings. The van der Waals surface area contributed by atoms with E-state index < -0.39 is 10.0 Å². The first-order valence-corrected chi connectivity index (χ1v) is 12.3. The van der Waals surface area contributed by atoms with Crippen LogP contribution in [0.5, 0.6) is 0 Å². The van der Waals surface area contributed by atoms with E-state index in [9.17, 15) is 18.0 Å². The number of benzene rings is 1. The van der Waals surface area contributed by atoms with Gasteiger partial charge in [-0.05, 0) is 24.3 Å². The summed E-state index contributed by atoms with van der Waals surface area (Å²) >= 11 is 0. The van der Waals surface area contributed by atoms with Gasteiger partial charge in [0.25, 0.3) is 5.91 Å². The molecule has 176 valence electrons. The number of pyridine rings is 1. The number of carbonyl (C=O) groups is 2. The quantitative estimate of drug-likeness (QED) is 0.637. The minimum absolute atomic E-state index is 0.0555. The molecule has 0 aliphatic carbocycles. The van der Waals surface area contributed by atoms with Crippen molar-refractivity contribution in [3.8, 4) is 0 Å². The summed E-state index contributed by atoms with van der Waals surface area (Å²) in [5.74, 6) is 0.248. The first-order valence-electron chi connectivity index (χ1n) is 10.8. The molecule has 0 saturated carbocycles. The summed E-state index contributed by atoms with van der Waals surface area (Å²) < 4.78 is 32.1. The fourth-order valence-corrected chi connectivity index (χ4v) is 5.15. The van der Waals surface area contributed by atoms with Gasteiger partial charge in [-0.25, -0.2) is 13.4 Å². The van der Waals surface area contributed by atoms with E-state index in [4.69, 9.17) is 4.74 Å². The molecule has 0 atom stereocenters. The fraction of sp³-hybridized carbons (Fsp3) is 0.409. The molecule has 11 heteroatoms. The molecule has 2 aliphatic heterocycles. The van der Waals surface area contributed by atoms with Gasteiger partial charge in [0.2, 0.25) is 15.9 Å². The van der Waals surface area contributed by atoms with Crippen LogP contribution in [0.15, 0.2) is 53.6 Å². The van der Waals surface area contributed by atoms with Crippen molar-refractivity contribution >= 4 is 27.7 Å². The summed E-state index contributed by atoms with van der Waals surface area (Å²) in [6.45, 7) is 3.54. The normalized spacial score (nSPS) is 17.6. The summed E-state index contributed by atoms with van der Waals surface area (Å²) in [6, 6.07) is 12.0. The Hall–Kier alpha value is -3.02. The molecule has 2 saturated heterocycles. The number of hydrogen-bond donors (Lipinski definition) is 1. The Balaban J connectivity index is 1.28. The van der Waals surface area contributed by atoms with Crippen molar-refractivity contribution in [2.24, 2.45) is 0 Å². The third-order valence-corrected chi connectivity index (χ3v) is 7.60. The third-order valence-electron chi connectivity index (χ3n) is 5.72. The summed E-state index contributed by atoms with van der Waals surface area (Å²) in [5, 5.41) is 2.66. The lowest BCUT2D eigenvalue weighted by Crippen LogP contribution is -2.51. The highest BCUT2D eigenvalue weighted by molar-refractivity contribution is 7.89. The van der Waals surface area contributed by atoms with Crippen LogP contribution in [-0.4, -0.2) is 93.4 Å². The van der Waals surface area contributed by atoms with E-state index in [0.717, 1.165) is 0 Å². The van der Waals surface area contributed by atoms with E-state index in [0.29, 0.717) is 63.9 Å². The second-order valence-corrected chi connectivity index (χ2v) is 9.72. The van der Waals surface area contributed by atoms with E-state index in [1.807, 2.05) is 11.0 Å². The number of sulfonamides is 1. The molecule has 1 aromatic heterocycles. The maximum absolute atomic E-state index is 12.7. The molecule has 2 aromatic rings. The molecular formula is C22H27N5O5S. The smallest absolute Gasteiger partial charge is 0.251 e.